The van der Waals surface area contributed by atoms with Crippen molar-refractivity contribution >= 4 is 11.9 Å². The summed E-state index contributed by atoms with van der Waals surface area (Å²) in [6, 6.07) is 0. The molecule has 0 aromatic heterocycles. The van der Waals surface area contributed by atoms with Crippen molar-refractivity contribution in [2.45, 2.75) is 39.2 Å². The van der Waals surface area contributed by atoms with Gasteiger partial charge in [-0.15, -0.1) is 0 Å². The van der Waals surface area contributed by atoms with Crippen molar-refractivity contribution in [3.63, 3.8) is 0 Å². The number of methoxy groups -OCH3 is 1. The lowest BCUT2D eigenvalue weighted by Gasteiger charge is -2.17. The minimum Gasteiger partial charge on any atom is -0.466 e. The monoisotopic (exact) mass is 240 g/mol. The minimum atomic E-state index is -0.466. The van der Waals surface area contributed by atoms with Crippen molar-refractivity contribution in [2.75, 3.05) is 7.11 Å². The molecule has 0 bridgehead atoms. The van der Waals surface area contributed by atoms with Crippen LogP contribution < -0.4 is 0 Å². The number of esters is 2. The summed E-state index contributed by atoms with van der Waals surface area (Å²) in [6.45, 7) is 5.45. The fourth-order valence-corrected chi connectivity index (χ4v) is 0.955. The van der Waals surface area contributed by atoms with Crippen LogP contribution in [0.15, 0.2) is 24.3 Å². The minimum absolute atomic E-state index is 0.352. The van der Waals surface area contributed by atoms with E-state index in [9.17, 15) is 9.59 Å². The van der Waals surface area contributed by atoms with E-state index in [1.54, 1.807) is 12.2 Å². The van der Waals surface area contributed by atoms with Crippen molar-refractivity contribution in [2.24, 2.45) is 0 Å². The van der Waals surface area contributed by atoms with E-state index < -0.39 is 5.60 Å². The van der Waals surface area contributed by atoms with Crippen LogP contribution in [0.5, 0.6) is 0 Å². The molecular formula is C13H20O4. The molecule has 0 radical (unpaired) electrons. The largest absolute Gasteiger partial charge is 0.466 e. The maximum atomic E-state index is 11.2. The maximum absolute atomic E-state index is 11.2. The Morgan fingerprint density at radius 2 is 1.47 bits per heavy atom. The molecule has 0 aromatic rings. The molecule has 0 unspecified atom stereocenters. The Morgan fingerprint density at radius 1 is 1.00 bits per heavy atom. The topological polar surface area (TPSA) is 52.6 Å². The van der Waals surface area contributed by atoms with E-state index in [0.29, 0.717) is 12.8 Å². The molecule has 0 fully saturated rings. The number of hydrogen-bond donors (Lipinski definition) is 0. The molecule has 4 heteroatoms. The lowest BCUT2D eigenvalue weighted by Crippen LogP contribution is -2.22. The first-order valence-corrected chi connectivity index (χ1v) is 5.49. The zero-order valence-electron chi connectivity index (χ0n) is 10.9. The average Bonchev–Trinajstić information content (AvgIpc) is 2.20. The van der Waals surface area contributed by atoms with Gasteiger partial charge in [0, 0.05) is 12.2 Å². The van der Waals surface area contributed by atoms with Gasteiger partial charge in [0.05, 0.1) is 7.11 Å². The highest BCUT2D eigenvalue weighted by atomic mass is 16.6. The number of hydrogen-bond acceptors (Lipinski definition) is 4. The van der Waals surface area contributed by atoms with Crippen LogP contribution in [-0.4, -0.2) is 24.6 Å². The van der Waals surface area contributed by atoms with Crippen LogP contribution in [0.2, 0.25) is 0 Å². The predicted molar refractivity (Wildman–Crippen MR) is 65.4 cm³/mol. The van der Waals surface area contributed by atoms with Gasteiger partial charge in [-0.25, -0.2) is 9.59 Å². The van der Waals surface area contributed by atoms with Crippen LogP contribution in [0, 0.1) is 0 Å². The Kier molecular flexibility index (Phi) is 6.94. The highest BCUT2D eigenvalue weighted by Gasteiger charge is 2.13. The molecule has 4 nitrogen and oxygen atoms in total. The Bertz CT molecular complexity index is 308. The van der Waals surface area contributed by atoms with Crippen LogP contribution in [0.25, 0.3) is 0 Å². The Morgan fingerprint density at radius 3 is 1.88 bits per heavy atom. The summed E-state index contributed by atoms with van der Waals surface area (Å²) in [7, 11) is 1.33. The standard InChI is InChI=1S/C13H20O4/c1-13(2,3)17-12(15)10-8-6-5-7-9-11(14)16-4/h7-10H,5-6H2,1-4H3. The van der Waals surface area contributed by atoms with Gasteiger partial charge in [-0.05, 0) is 33.6 Å². The van der Waals surface area contributed by atoms with Crippen molar-refractivity contribution in [3.05, 3.63) is 24.3 Å². The Hall–Kier alpha value is -1.58. The summed E-state index contributed by atoms with van der Waals surface area (Å²) in [5, 5.41) is 0. The zero-order valence-corrected chi connectivity index (χ0v) is 10.9. The SMILES string of the molecule is COC(=O)C=CCCC=CC(=O)OC(C)(C)C. The van der Waals surface area contributed by atoms with Gasteiger partial charge in [-0.2, -0.15) is 0 Å². The van der Waals surface area contributed by atoms with Crippen LogP contribution >= 0.6 is 0 Å². The first-order valence-electron chi connectivity index (χ1n) is 5.49. The molecule has 0 aliphatic rings. The average molecular weight is 240 g/mol. The van der Waals surface area contributed by atoms with Gasteiger partial charge in [0.25, 0.3) is 0 Å². The number of unbranched alkanes of at least 4 members (excludes halogenated alkanes) is 1. The number of ether oxygens (including phenoxy) is 2. The molecule has 0 heterocycles. The van der Waals surface area contributed by atoms with E-state index in [1.807, 2.05) is 20.8 Å². The first-order chi connectivity index (χ1) is 7.85. The van der Waals surface area contributed by atoms with Crippen molar-refractivity contribution in [1.82, 2.24) is 0 Å². The first kappa shape index (κ1) is 15.4. The molecule has 0 saturated heterocycles. The van der Waals surface area contributed by atoms with Gasteiger partial charge in [0.2, 0.25) is 0 Å². The molecule has 0 aliphatic carbocycles. The molecule has 0 aromatic carbocycles. The van der Waals surface area contributed by atoms with Gasteiger partial charge >= 0.3 is 11.9 Å². The van der Waals surface area contributed by atoms with E-state index in [0.717, 1.165) is 0 Å². The molecule has 0 rings (SSSR count). The molecule has 0 atom stereocenters. The van der Waals surface area contributed by atoms with Crippen molar-refractivity contribution < 1.29 is 19.1 Å². The normalized spacial score (nSPS) is 12.0. The molecule has 96 valence electrons. The zero-order chi connectivity index (χ0) is 13.3. The van der Waals surface area contributed by atoms with Crippen molar-refractivity contribution in [1.29, 1.82) is 0 Å². The molecule has 0 amide bonds. The number of carbonyl (C=O) groups is 2. The van der Waals surface area contributed by atoms with E-state index in [2.05, 4.69) is 4.74 Å². The third kappa shape index (κ3) is 10.7. The maximum Gasteiger partial charge on any atom is 0.330 e. The Balaban J connectivity index is 3.78. The molecule has 17 heavy (non-hydrogen) atoms. The second kappa shape index (κ2) is 7.65. The molecule has 0 spiro atoms. The quantitative estimate of drug-likeness (QED) is 0.420. The third-order valence-electron chi connectivity index (χ3n) is 1.62. The lowest BCUT2D eigenvalue weighted by molar-refractivity contribution is -0.148. The highest BCUT2D eigenvalue weighted by Crippen LogP contribution is 2.07. The van der Waals surface area contributed by atoms with E-state index >= 15 is 0 Å². The number of rotatable bonds is 5. The fourth-order valence-electron chi connectivity index (χ4n) is 0.955. The van der Waals surface area contributed by atoms with Crippen LogP contribution in [0.4, 0.5) is 0 Å². The number of carbonyl (C=O) groups excluding carboxylic acids is 2. The smallest absolute Gasteiger partial charge is 0.330 e. The molecular weight excluding hydrogens is 220 g/mol. The fraction of sp³-hybridized carbons (Fsp3) is 0.538. The second-order valence-corrected chi connectivity index (χ2v) is 4.44. The Labute approximate surface area is 102 Å². The van der Waals surface area contributed by atoms with Gasteiger partial charge in [0.1, 0.15) is 5.60 Å². The van der Waals surface area contributed by atoms with Crippen LogP contribution in [0.3, 0.4) is 0 Å². The summed E-state index contributed by atoms with van der Waals surface area (Å²) in [6.07, 6.45) is 7.53. The second-order valence-electron chi connectivity index (χ2n) is 4.44. The van der Waals surface area contributed by atoms with Crippen molar-refractivity contribution in [3.8, 4) is 0 Å². The lowest BCUT2D eigenvalue weighted by atomic mass is 10.2. The number of allylic oxidation sites excluding steroid dienone is 2. The third-order valence-corrected chi connectivity index (χ3v) is 1.62. The van der Waals surface area contributed by atoms with Gasteiger partial charge < -0.3 is 9.47 Å². The van der Waals surface area contributed by atoms with E-state index in [-0.39, 0.29) is 11.9 Å². The molecule has 0 aliphatic heterocycles. The van der Waals surface area contributed by atoms with E-state index in [1.165, 1.54) is 19.3 Å². The van der Waals surface area contributed by atoms with Gasteiger partial charge in [-0.1, -0.05) is 12.2 Å². The molecule has 0 N–H and O–H groups in total. The summed E-state index contributed by atoms with van der Waals surface area (Å²) in [5.74, 6) is -0.726. The highest BCUT2D eigenvalue weighted by molar-refractivity contribution is 5.82. The predicted octanol–water partition coefficient (Wildman–Crippen LogP) is 2.39. The van der Waals surface area contributed by atoms with E-state index in [4.69, 9.17) is 4.74 Å². The summed E-state index contributed by atoms with van der Waals surface area (Å²) in [5.41, 5.74) is -0.466. The summed E-state index contributed by atoms with van der Waals surface area (Å²) < 4.78 is 9.51. The van der Waals surface area contributed by atoms with Crippen LogP contribution in [0.1, 0.15) is 33.6 Å². The van der Waals surface area contributed by atoms with Gasteiger partial charge in [-0.3, -0.25) is 0 Å². The van der Waals surface area contributed by atoms with Crippen LogP contribution in [-0.2, 0) is 19.1 Å². The summed E-state index contributed by atoms with van der Waals surface area (Å²) in [4.78, 5) is 22.0. The summed E-state index contributed by atoms with van der Waals surface area (Å²) >= 11 is 0. The van der Waals surface area contributed by atoms with Gasteiger partial charge in [0.15, 0.2) is 0 Å². The molecule has 0 saturated carbocycles.